The quantitative estimate of drug-likeness (QED) is 0.0910. The Morgan fingerprint density at radius 1 is 0.139 bits per heavy atom. The van der Waals surface area contributed by atoms with Gasteiger partial charge in [-0.1, -0.05) is 419 Å². The van der Waals surface area contributed by atoms with Gasteiger partial charge in [-0.2, -0.15) is 0 Å². The summed E-state index contributed by atoms with van der Waals surface area (Å²) < 4.78 is 13.3. The minimum absolute atomic E-state index is 0.626. The summed E-state index contributed by atoms with van der Waals surface area (Å²) in [4.78, 5) is 45.8. The Morgan fingerprint density at radius 2 is 0.424 bits per heavy atom. The first-order chi connectivity index (χ1) is 71.4. The van der Waals surface area contributed by atoms with E-state index < -0.39 is 0 Å². The Bertz CT molecular complexity index is 9560. The summed E-state index contributed by atoms with van der Waals surface area (Å²) in [5.74, 6) is 5.77. The van der Waals surface area contributed by atoms with E-state index in [4.69, 9.17) is 49.3 Å². The van der Waals surface area contributed by atoms with E-state index in [2.05, 4.69) is 353 Å². The van der Waals surface area contributed by atoms with Crippen LogP contribution < -0.4 is 0 Å². The highest BCUT2D eigenvalue weighted by Crippen LogP contribution is 2.48. The van der Waals surface area contributed by atoms with Crippen LogP contribution in [0.4, 0.5) is 0 Å². The molecule has 0 aliphatic heterocycles. The van der Waals surface area contributed by atoms with Crippen molar-refractivity contribution in [3.63, 3.8) is 0 Å². The van der Waals surface area contributed by atoms with Crippen molar-refractivity contribution >= 4 is 109 Å². The number of hydrogen-bond donors (Lipinski definition) is 0. The van der Waals surface area contributed by atoms with Crippen LogP contribution in [0.25, 0.3) is 262 Å². The van der Waals surface area contributed by atoms with E-state index in [0.717, 1.165) is 166 Å². The Hall–Kier alpha value is -19.6. The topological polar surface area (TPSA) is 144 Å². The first-order valence-corrected chi connectivity index (χ1v) is 48.3. The molecule has 7 heterocycles. The van der Waals surface area contributed by atoms with Gasteiger partial charge in [-0.05, 0) is 146 Å². The smallest absolute Gasteiger partial charge is 0.164 e. The Kier molecular flexibility index (Phi) is 21.6. The molecule has 0 radical (unpaired) electrons. The van der Waals surface area contributed by atoms with Gasteiger partial charge in [0.25, 0.3) is 0 Å². The van der Waals surface area contributed by atoms with Crippen molar-refractivity contribution in [2.45, 2.75) is 0 Å². The summed E-state index contributed by atoms with van der Waals surface area (Å²) in [6.45, 7) is 0. The molecule has 13 heteroatoms. The summed E-state index contributed by atoms with van der Waals surface area (Å²) in [6, 6.07) is 177. The molecule has 0 bridgehead atoms. The van der Waals surface area contributed by atoms with Gasteiger partial charge in [0.05, 0.1) is 33.1 Å². The van der Waals surface area contributed by atoms with E-state index in [1.54, 1.807) is 0 Å². The Balaban J connectivity index is 0.000000111. The van der Waals surface area contributed by atoms with Crippen molar-refractivity contribution in [3.8, 4) is 153 Å². The summed E-state index contributed by atoms with van der Waals surface area (Å²) in [6.07, 6.45) is 0. The average Bonchev–Trinajstić information content (AvgIpc) is 1.55. The van der Waals surface area contributed by atoms with Crippen LogP contribution in [0.15, 0.2) is 514 Å². The van der Waals surface area contributed by atoms with Crippen LogP contribution in [0.2, 0.25) is 0 Å². The maximum absolute atomic E-state index is 6.22. The molecule has 0 atom stereocenters. The third-order valence-electron chi connectivity index (χ3n) is 27.1. The standard InChI is InChI=1S/C47H30N4.C45H28N4O.C39H26N4/c1-4-13-31(14-5-1)36-26-28-42-41(29-36)44-39(47-49-45(34-16-6-2-7-17-34)48-46(50-47)35-18-8-3-9-19-35)21-12-22-43(44)51(42)37-27-25-33-24-23-32-15-10-11-20-38(32)40(33)30-37;1-4-14-29(15-5-1)33-21-12-23-37-41(33)42-35(45-47-43(30-16-6-2-7-17-30)46-44(48-45)31-18-8-3-9-19-31)22-13-24-38(42)49(37)32-26-27-40-36(28-32)34-20-10-11-25-39(34)50-40;1-5-15-27(16-6-1)31-23-13-25-33-35(31)36-32(24-14-26-34(36)43(33)30-21-11-4-12-22-30)39-41-37(28-17-7-2-8-18-28)40-38(42-39)29-19-9-3-10-20-29/h1-30H;1-28H;1-26H. The van der Waals surface area contributed by atoms with Gasteiger partial charge in [0.1, 0.15) is 11.2 Å². The molecule has 0 spiro atoms. The molecular formula is C131H84N12O. The zero-order chi connectivity index (χ0) is 95.3. The molecule has 7 aromatic heterocycles. The molecular weight excluding hydrogens is 1760 g/mol. The van der Waals surface area contributed by atoms with E-state index in [-0.39, 0.29) is 0 Å². The van der Waals surface area contributed by atoms with Crippen molar-refractivity contribution in [2.24, 2.45) is 0 Å². The minimum atomic E-state index is 0.626. The average molecular weight is 1840 g/mol. The molecule has 13 nitrogen and oxygen atoms in total. The van der Waals surface area contributed by atoms with Gasteiger partial charge in [-0.3, -0.25) is 0 Å². The van der Waals surface area contributed by atoms with Crippen molar-refractivity contribution in [3.05, 3.63) is 510 Å². The summed E-state index contributed by atoms with van der Waals surface area (Å²) in [5, 5.41) is 13.9. The van der Waals surface area contributed by atoms with Crippen LogP contribution in [0.5, 0.6) is 0 Å². The molecule has 0 saturated carbocycles. The predicted molar refractivity (Wildman–Crippen MR) is 590 cm³/mol. The van der Waals surface area contributed by atoms with Crippen molar-refractivity contribution in [1.29, 1.82) is 0 Å². The third kappa shape index (κ3) is 15.6. The van der Waals surface area contributed by atoms with Crippen LogP contribution in [0.1, 0.15) is 0 Å². The minimum Gasteiger partial charge on any atom is -0.456 e. The van der Waals surface area contributed by atoms with Gasteiger partial charge in [-0.25, -0.2) is 44.9 Å². The van der Waals surface area contributed by atoms with Crippen LogP contribution in [-0.4, -0.2) is 58.6 Å². The van der Waals surface area contributed by atoms with Gasteiger partial charge in [-0.15, -0.1) is 0 Å². The zero-order valence-electron chi connectivity index (χ0n) is 77.8. The molecule has 0 unspecified atom stereocenters. The van der Waals surface area contributed by atoms with E-state index >= 15 is 0 Å². The molecule has 21 aromatic carbocycles. The van der Waals surface area contributed by atoms with Crippen LogP contribution in [0.3, 0.4) is 0 Å². The number of benzene rings is 21. The normalized spacial score (nSPS) is 11.5. The molecule has 0 saturated heterocycles. The molecule has 28 rings (SSSR count). The molecule has 0 N–H and O–H groups in total. The van der Waals surface area contributed by atoms with E-state index in [1.165, 1.54) is 43.6 Å². The predicted octanol–water partition coefficient (Wildman–Crippen LogP) is 33.1. The highest BCUT2D eigenvalue weighted by molar-refractivity contribution is 6.23. The lowest BCUT2D eigenvalue weighted by Gasteiger charge is -2.12. The fourth-order valence-corrected chi connectivity index (χ4v) is 20.6. The maximum Gasteiger partial charge on any atom is 0.164 e. The molecule has 0 aliphatic rings. The molecule has 674 valence electrons. The number of furan rings is 1. The SMILES string of the molecule is c1ccc(-c2ccc3c(c2)c2c(-c4nc(-c5ccccc5)nc(-c5ccccc5)n4)cccc2n3-c2ccc3ccc4ccccc4c3c2)cc1.c1ccc(-c2nc(-c3ccccc3)nc(-c3cccc4c3c3c(-c5ccccc5)cccc3n4-c3ccc4oc5ccccc5c4c3)n2)cc1.c1ccc(-c2nc(-c3ccccc3)nc(-c3cccc4c3c3c(-c5ccccc5)cccc3n4-c3ccccc3)n2)cc1. The highest BCUT2D eigenvalue weighted by atomic mass is 16.3. The first kappa shape index (κ1) is 84.8. The van der Waals surface area contributed by atoms with Crippen LogP contribution in [0, 0.1) is 0 Å². The second-order valence-corrected chi connectivity index (χ2v) is 35.8. The third-order valence-corrected chi connectivity index (χ3v) is 27.1. The number of hydrogen-bond acceptors (Lipinski definition) is 10. The maximum atomic E-state index is 6.22. The number of aromatic nitrogens is 12. The second kappa shape index (κ2) is 36.7. The van der Waals surface area contributed by atoms with E-state index in [1.807, 2.05) is 170 Å². The van der Waals surface area contributed by atoms with Crippen LogP contribution >= 0.6 is 0 Å². The molecule has 144 heavy (non-hydrogen) atoms. The van der Waals surface area contributed by atoms with Gasteiger partial charge in [0, 0.05) is 110 Å². The lowest BCUT2D eigenvalue weighted by atomic mass is 9.97. The molecule has 0 fully saturated rings. The Labute approximate surface area is 828 Å². The lowest BCUT2D eigenvalue weighted by Crippen LogP contribution is -2.00. The number of nitrogens with zero attached hydrogens (tertiary/aromatic N) is 12. The number of fused-ring (bicyclic) bond motifs is 15. The van der Waals surface area contributed by atoms with E-state index in [0.29, 0.717) is 52.4 Å². The number of para-hydroxylation sites is 2. The first-order valence-electron chi connectivity index (χ1n) is 48.3. The van der Waals surface area contributed by atoms with Gasteiger partial charge in [0.2, 0.25) is 0 Å². The van der Waals surface area contributed by atoms with Crippen molar-refractivity contribution in [2.75, 3.05) is 0 Å². The van der Waals surface area contributed by atoms with Crippen LogP contribution in [-0.2, 0) is 0 Å². The van der Waals surface area contributed by atoms with Gasteiger partial charge >= 0.3 is 0 Å². The van der Waals surface area contributed by atoms with Gasteiger partial charge < -0.3 is 18.1 Å². The second-order valence-electron chi connectivity index (χ2n) is 35.8. The van der Waals surface area contributed by atoms with Gasteiger partial charge in [0.15, 0.2) is 52.4 Å². The summed E-state index contributed by atoms with van der Waals surface area (Å²) in [5.41, 5.74) is 27.2. The van der Waals surface area contributed by atoms with Crippen molar-refractivity contribution < 1.29 is 4.42 Å². The molecule has 0 aliphatic carbocycles. The molecule has 28 aromatic rings. The largest absolute Gasteiger partial charge is 0.456 e. The molecule has 0 amide bonds. The van der Waals surface area contributed by atoms with Crippen molar-refractivity contribution in [1.82, 2.24) is 58.6 Å². The zero-order valence-corrected chi connectivity index (χ0v) is 77.8. The fourth-order valence-electron chi connectivity index (χ4n) is 20.6. The summed E-state index contributed by atoms with van der Waals surface area (Å²) in [7, 11) is 0. The summed E-state index contributed by atoms with van der Waals surface area (Å²) >= 11 is 0. The van der Waals surface area contributed by atoms with E-state index in [9.17, 15) is 0 Å². The Morgan fingerprint density at radius 3 is 0.840 bits per heavy atom. The monoisotopic (exact) mass is 1840 g/mol. The fraction of sp³-hybridized carbons (Fsp3) is 0. The number of rotatable bonds is 15. The highest BCUT2D eigenvalue weighted by Gasteiger charge is 2.28. The lowest BCUT2D eigenvalue weighted by molar-refractivity contribution is 0.669.